The van der Waals surface area contributed by atoms with Crippen molar-refractivity contribution in [1.82, 2.24) is 0 Å². The van der Waals surface area contributed by atoms with Crippen LogP contribution in [0.1, 0.15) is 10.4 Å². The molecule has 0 aliphatic rings. The summed E-state index contributed by atoms with van der Waals surface area (Å²) >= 11 is 5.97. The van der Waals surface area contributed by atoms with Gasteiger partial charge in [0, 0.05) is 10.6 Å². The minimum atomic E-state index is -1.17. The Morgan fingerprint density at radius 1 is 1.18 bits per heavy atom. The fourth-order valence-electron chi connectivity index (χ4n) is 1.56. The van der Waals surface area contributed by atoms with E-state index >= 15 is 0 Å². The van der Waals surface area contributed by atoms with Crippen LogP contribution in [0.5, 0.6) is 0 Å². The maximum absolute atomic E-state index is 13.3. The molecule has 2 rings (SSSR count). The van der Waals surface area contributed by atoms with Crippen LogP contribution in [0.3, 0.4) is 0 Å². The summed E-state index contributed by atoms with van der Waals surface area (Å²) in [5, 5.41) is 9.30. The second-order valence-electron chi connectivity index (χ2n) is 3.51. The largest absolute Gasteiger partial charge is 0.478 e. The Labute approximate surface area is 102 Å². The van der Waals surface area contributed by atoms with Crippen LogP contribution < -0.4 is 0 Å². The first-order valence-corrected chi connectivity index (χ1v) is 5.24. The maximum Gasteiger partial charge on any atom is 0.335 e. The van der Waals surface area contributed by atoms with E-state index in [4.69, 9.17) is 16.7 Å². The molecule has 0 fully saturated rings. The number of hydrogen-bond acceptors (Lipinski definition) is 1. The molecule has 2 nitrogen and oxygen atoms in total. The SMILES string of the molecule is O=C(O)c1cc(F)cc(-c2ccccc2Cl)c1. The quantitative estimate of drug-likeness (QED) is 0.879. The molecule has 0 aliphatic carbocycles. The summed E-state index contributed by atoms with van der Waals surface area (Å²) < 4.78 is 13.3. The lowest BCUT2D eigenvalue weighted by Crippen LogP contribution is -1.97. The van der Waals surface area contributed by atoms with Gasteiger partial charge in [0.05, 0.1) is 5.56 Å². The van der Waals surface area contributed by atoms with Gasteiger partial charge in [-0.1, -0.05) is 29.8 Å². The van der Waals surface area contributed by atoms with Gasteiger partial charge < -0.3 is 5.11 Å². The molecule has 17 heavy (non-hydrogen) atoms. The number of halogens is 2. The predicted molar refractivity (Wildman–Crippen MR) is 63.8 cm³/mol. The molecular weight excluding hydrogens is 243 g/mol. The van der Waals surface area contributed by atoms with Crippen molar-refractivity contribution in [2.75, 3.05) is 0 Å². The highest BCUT2D eigenvalue weighted by atomic mass is 35.5. The lowest BCUT2D eigenvalue weighted by Gasteiger charge is -2.05. The standard InChI is InChI=1S/C13H8ClFO2/c14-12-4-2-1-3-11(12)8-5-9(13(16)17)7-10(15)6-8/h1-7H,(H,16,17). The molecule has 2 aromatic carbocycles. The molecule has 0 aromatic heterocycles. The third-order valence-corrected chi connectivity index (χ3v) is 2.66. The molecule has 0 saturated heterocycles. The Bertz CT molecular complexity index is 581. The highest BCUT2D eigenvalue weighted by molar-refractivity contribution is 6.33. The van der Waals surface area contributed by atoms with E-state index in [2.05, 4.69) is 0 Å². The first-order valence-electron chi connectivity index (χ1n) is 4.87. The Morgan fingerprint density at radius 3 is 2.53 bits per heavy atom. The van der Waals surface area contributed by atoms with E-state index in [-0.39, 0.29) is 5.56 Å². The highest BCUT2D eigenvalue weighted by Gasteiger charge is 2.10. The minimum absolute atomic E-state index is 0.0973. The van der Waals surface area contributed by atoms with Crippen molar-refractivity contribution >= 4 is 17.6 Å². The Kier molecular flexibility index (Phi) is 3.11. The van der Waals surface area contributed by atoms with Gasteiger partial charge >= 0.3 is 5.97 Å². The summed E-state index contributed by atoms with van der Waals surface area (Å²) in [6, 6.07) is 10.5. The molecule has 2 aromatic rings. The molecule has 0 bridgehead atoms. The summed E-state index contributed by atoms with van der Waals surface area (Å²) in [6.07, 6.45) is 0. The van der Waals surface area contributed by atoms with E-state index in [1.807, 2.05) is 0 Å². The van der Waals surface area contributed by atoms with Crippen molar-refractivity contribution in [3.8, 4) is 11.1 Å². The molecule has 0 saturated carbocycles. The van der Waals surface area contributed by atoms with E-state index in [9.17, 15) is 9.18 Å². The number of benzene rings is 2. The first kappa shape index (κ1) is 11.6. The normalized spacial score (nSPS) is 10.2. The topological polar surface area (TPSA) is 37.3 Å². The number of hydrogen-bond donors (Lipinski definition) is 1. The van der Waals surface area contributed by atoms with Gasteiger partial charge in [-0.05, 0) is 29.8 Å². The average molecular weight is 251 g/mol. The fraction of sp³-hybridized carbons (Fsp3) is 0. The maximum atomic E-state index is 13.3. The van der Waals surface area contributed by atoms with Gasteiger partial charge in [-0.2, -0.15) is 0 Å². The summed E-state index contributed by atoms with van der Waals surface area (Å²) in [7, 11) is 0. The zero-order valence-corrected chi connectivity index (χ0v) is 9.41. The Balaban J connectivity index is 2.60. The fourth-order valence-corrected chi connectivity index (χ4v) is 1.81. The van der Waals surface area contributed by atoms with Crippen LogP contribution in [0.25, 0.3) is 11.1 Å². The molecule has 4 heteroatoms. The molecule has 0 unspecified atom stereocenters. The number of carboxylic acids is 1. The van der Waals surface area contributed by atoms with Crippen molar-refractivity contribution < 1.29 is 14.3 Å². The van der Waals surface area contributed by atoms with Gasteiger partial charge in [-0.25, -0.2) is 9.18 Å². The van der Waals surface area contributed by atoms with Gasteiger partial charge in [-0.15, -0.1) is 0 Å². The average Bonchev–Trinajstić information content (AvgIpc) is 2.28. The van der Waals surface area contributed by atoms with E-state index in [1.165, 1.54) is 12.1 Å². The highest BCUT2D eigenvalue weighted by Crippen LogP contribution is 2.28. The monoisotopic (exact) mass is 250 g/mol. The summed E-state index contributed by atoms with van der Waals surface area (Å²) in [5.41, 5.74) is 0.962. The zero-order valence-electron chi connectivity index (χ0n) is 8.65. The molecular formula is C13H8ClFO2. The molecule has 0 aliphatic heterocycles. The Hall–Kier alpha value is -1.87. The van der Waals surface area contributed by atoms with Crippen LogP contribution in [0.2, 0.25) is 5.02 Å². The molecule has 0 amide bonds. The molecule has 0 heterocycles. The van der Waals surface area contributed by atoms with Crippen LogP contribution in [-0.2, 0) is 0 Å². The van der Waals surface area contributed by atoms with Crippen molar-refractivity contribution in [3.05, 3.63) is 58.9 Å². The van der Waals surface area contributed by atoms with E-state index < -0.39 is 11.8 Å². The van der Waals surface area contributed by atoms with E-state index in [1.54, 1.807) is 24.3 Å². The molecule has 0 radical (unpaired) electrons. The lowest BCUT2D eigenvalue weighted by atomic mass is 10.0. The van der Waals surface area contributed by atoms with E-state index in [0.29, 0.717) is 16.1 Å². The number of rotatable bonds is 2. The number of carboxylic acid groups (broad SMARTS) is 1. The molecule has 0 atom stereocenters. The zero-order chi connectivity index (χ0) is 12.4. The molecule has 0 spiro atoms. The second kappa shape index (κ2) is 4.55. The number of carbonyl (C=O) groups is 1. The van der Waals surface area contributed by atoms with Gasteiger partial charge in [0.2, 0.25) is 0 Å². The van der Waals surface area contributed by atoms with Gasteiger partial charge in [-0.3, -0.25) is 0 Å². The van der Waals surface area contributed by atoms with Crippen LogP contribution in [0.15, 0.2) is 42.5 Å². The van der Waals surface area contributed by atoms with Gasteiger partial charge in [0.15, 0.2) is 0 Å². The summed E-state index contributed by atoms with van der Waals surface area (Å²) in [5.74, 6) is -1.77. The van der Waals surface area contributed by atoms with E-state index in [0.717, 1.165) is 6.07 Å². The number of aromatic carboxylic acids is 1. The lowest BCUT2D eigenvalue weighted by molar-refractivity contribution is 0.0696. The van der Waals surface area contributed by atoms with Crippen LogP contribution in [0.4, 0.5) is 4.39 Å². The summed E-state index contributed by atoms with van der Waals surface area (Å²) in [4.78, 5) is 10.8. The predicted octanol–water partition coefficient (Wildman–Crippen LogP) is 3.84. The van der Waals surface area contributed by atoms with Crippen LogP contribution in [0, 0.1) is 5.82 Å². The van der Waals surface area contributed by atoms with Crippen molar-refractivity contribution in [3.63, 3.8) is 0 Å². The molecule has 1 N–H and O–H groups in total. The van der Waals surface area contributed by atoms with Gasteiger partial charge in [0.25, 0.3) is 0 Å². The summed E-state index contributed by atoms with van der Waals surface area (Å²) in [6.45, 7) is 0. The first-order chi connectivity index (χ1) is 8.08. The smallest absolute Gasteiger partial charge is 0.335 e. The Morgan fingerprint density at radius 2 is 1.88 bits per heavy atom. The van der Waals surface area contributed by atoms with Crippen molar-refractivity contribution in [1.29, 1.82) is 0 Å². The van der Waals surface area contributed by atoms with Crippen molar-refractivity contribution in [2.24, 2.45) is 0 Å². The minimum Gasteiger partial charge on any atom is -0.478 e. The third kappa shape index (κ3) is 2.45. The van der Waals surface area contributed by atoms with Gasteiger partial charge in [0.1, 0.15) is 5.82 Å². The van der Waals surface area contributed by atoms with Crippen LogP contribution in [-0.4, -0.2) is 11.1 Å². The third-order valence-electron chi connectivity index (χ3n) is 2.33. The molecule has 86 valence electrons. The van der Waals surface area contributed by atoms with Crippen LogP contribution >= 0.6 is 11.6 Å². The van der Waals surface area contributed by atoms with Crippen molar-refractivity contribution in [2.45, 2.75) is 0 Å². The second-order valence-corrected chi connectivity index (χ2v) is 3.92.